The second-order valence-corrected chi connectivity index (χ2v) is 5.70. The van der Waals surface area contributed by atoms with E-state index in [0.717, 1.165) is 16.6 Å². The predicted octanol–water partition coefficient (Wildman–Crippen LogP) is 2.67. The molecular formula is C15H14BrN5O2. The summed E-state index contributed by atoms with van der Waals surface area (Å²) in [6.07, 6.45) is 3.83. The van der Waals surface area contributed by atoms with Gasteiger partial charge in [-0.15, -0.1) is 0 Å². The van der Waals surface area contributed by atoms with Crippen LogP contribution < -0.4 is 0 Å². The third-order valence-corrected chi connectivity index (χ3v) is 3.62. The maximum atomic E-state index is 12.1. The van der Waals surface area contributed by atoms with E-state index >= 15 is 0 Å². The van der Waals surface area contributed by atoms with Gasteiger partial charge in [-0.3, -0.25) is 5.10 Å². The molecule has 0 aliphatic carbocycles. The summed E-state index contributed by atoms with van der Waals surface area (Å²) >= 11 is 3.40. The number of ether oxygens (including phenoxy) is 1. The van der Waals surface area contributed by atoms with Gasteiger partial charge in [0.1, 0.15) is 0 Å². The highest BCUT2D eigenvalue weighted by molar-refractivity contribution is 9.10. The summed E-state index contributed by atoms with van der Waals surface area (Å²) < 4.78 is 7.76. The fourth-order valence-corrected chi connectivity index (χ4v) is 2.35. The van der Waals surface area contributed by atoms with Crippen LogP contribution in [0.25, 0.3) is 5.69 Å². The van der Waals surface area contributed by atoms with Gasteiger partial charge in [-0.05, 0) is 18.2 Å². The van der Waals surface area contributed by atoms with Crippen LogP contribution in [-0.4, -0.2) is 30.9 Å². The Morgan fingerprint density at radius 1 is 1.43 bits per heavy atom. The topological polar surface area (TPSA) is 85.7 Å². The van der Waals surface area contributed by atoms with Crippen molar-refractivity contribution in [1.82, 2.24) is 25.0 Å². The Bertz CT molecular complexity index is 827. The lowest BCUT2D eigenvalue weighted by Gasteiger charge is -2.01. The van der Waals surface area contributed by atoms with Crippen LogP contribution >= 0.6 is 15.9 Å². The molecule has 3 rings (SSSR count). The van der Waals surface area contributed by atoms with Gasteiger partial charge >= 0.3 is 5.97 Å². The van der Waals surface area contributed by atoms with Crippen LogP contribution in [0.1, 0.15) is 28.9 Å². The van der Waals surface area contributed by atoms with Gasteiger partial charge in [-0.25, -0.2) is 14.5 Å². The molecule has 23 heavy (non-hydrogen) atoms. The van der Waals surface area contributed by atoms with E-state index in [0.29, 0.717) is 17.2 Å². The van der Waals surface area contributed by atoms with Gasteiger partial charge in [0, 0.05) is 17.1 Å². The molecule has 0 fully saturated rings. The molecule has 0 bridgehead atoms. The lowest BCUT2D eigenvalue weighted by molar-refractivity contribution is 0.0462. The first-order valence-corrected chi connectivity index (χ1v) is 7.83. The third-order valence-electron chi connectivity index (χ3n) is 3.13. The highest BCUT2D eigenvalue weighted by Gasteiger charge is 2.12. The molecule has 0 unspecified atom stereocenters. The Morgan fingerprint density at radius 2 is 2.30 bits per heavy atom. The highest BCUT2D eigenvalue weighted by atomic mass is 79.9. The molecule has 0 saturated heterocycles. The molecular weight excluding hydrogens is 362 g/mol. The van der Waals surface area contributed by atoms with Crippen molar-refractivity contribution in [2.45, 2.75) is 20.0 Å². The van der Waals surface area contributed by atoms with Gasteiger partial charge in [-0.1, -0.05) is 28.9 Å². The highest BCUT2D eigenvalue weighted by Crippen LogP contribution is 2.15. The standard InChI is InChI=1S/C15H14BrN5O2/c1-2-13-18-14(20-19-13)9-23-15(22)10-7-17-21(8-10)12-5-3-4-11(16)6-12/h3-8H,2,9H2,1H3,(H,18,19,20). The monoisotopic (exact) mass is 375 g/mol. The number of esters is 1. The normalized spacial score (nSPS) is 10.7. The SMILES string of the molecule is CCc1n[nH]c(COC(=O)c2cnn(-c3cccc(Br)c3)c2)n1. The molecule has 0 aliphatic heterocycles. The first kappa shape index (κ1) is 15.4. The van der Waals surface area contributed by atoms with Gasteiger partial charge in [0.05, 0.1) is 17.4 Å². The van der Waals surface area contributed by atoms with Crippen molar-refractivity contribution in [1.29, 1.82) is 0 Å². The van der Waals surface area contributed by atoms with Gasteiger partial charge in [-0.2, -0.15) is 10.2 Å². The molecule has 0 saturated carbocycles. The van der Waals surface area contributed by atoms with Crippen LogP contribution in [0.2, 0.25) is 0 Å². The second-order valence-electron chi connectivity index (χ2n) is 4.78. The van der Waals surface area contributed by atoms with Gasteiger partial charge in [0.2, 0.25) is 0 Å². The van der Waals surface area contributed by atoms with E-state index in [2.05, 4.69) is 36.2 Å². The molecule has 0 radical (unpaired) electrons. The van der Waals surface area contributed by atoms with E-state index < -0.39 is 5.97 Å². The predicted molar refractivity (Wildman–Crippen MR) is 86.1 cm³/mol. The molecule has 2 aromatic heterocycles. The molecule has 0 amide bonds. The van der Waals surface area contributed by atoms with Crippen molar-refractivity contribution in [2.75, 3.05) is 0 Å². The Balaban J connectivity index is 1.66. The quantitative estimate of drug-likeness (QED) is 0.692. The molecule has 3 aromatic rings. The Morgan fingerprint density at radius 3 is 3.04 bits per heavy atom. The van der Waals surface area contributed by atoms with Crippen LogP contribution in [0.5, 0.6) is 0 Å². The maximum absolute atomic E-state index is 12.1. The first-order valence-electron chi connectivity index (χ1n) is 7.03. The zero-order valence-corrected chi connectivity index (χ0v) is 13.9. The Hall–Kier alpha value is -2.48. The van der Waals surface area contributed by atoms with Crippen LogP contribution in [0.4, 0.5) is 0 Å². The maximum Gasteiger partial charge on any atom is 0.341 e. The fourth-order valence-electron chi connectivity index (χ4n) is 1.96. The number of aromatic amines is 1. The minimum absolute atomic E-state index is 0.0495. The number of aromatic nitrogens is 5. The summed E-state index contributed by atoms with van der Waals surface area (Å²) in [7, 11) is 0. The van der Waals surface area contributed by atoms with Crippen molar-refractivity contribution in [3.8, 4) is 5.69 Å². The summed E-state index contributed by atoms with van der Waals surface area (Å²) in [5.74, 6) is 0.758. The number of carbonyl (C=O) groups is 1. The van der Waals surface area contributed by atoms with Crippen molar-refractivity contribution in [3.63, 3.8) is 0 Å². The number of nitrogens with zero attached hydrogens (tertiary/aromatic N) is 4. The number of carbonyl (C=O) groups excluding carboxylic acids is 1. The van der Waals surface area contributed by atoms with Crippen molar-refractivity contribution < 1.29 is 9.53 Å². The average molecular weight is 376 g/mol. The van der Waals surface area contributed by atoms with Crippen LogP contribution in [0.15, 0.2) is 41.1 Å². The molecule has 0 aliphatic rings. The first-order chi connectivity index (χ1) is 11.2. The largest absolute Gasteiger partial charge is 0.454 e. The molecule has 1 aromatic carbocycles. The van der Waals surface area contributed by atoms with E-state index in [1.54, 1.807) is 10.9 Å². The van der Waals surface area contributed by atoms with Gasteiger partial charge < -0.3 is 4.74 Å². The summed E-state index contributed by atoms with van der Waals surface area (Å²) in [4.78, 5) is 16.2. The number of halogens is 1. The molecule has 7 nitrogen and oxygen atoms in total. The number of nitrogens with one attached hydrogen (secondary N) is 1. The number of rotatable bonds is 5. The van der Waals surface area contributed by atoms with Crippen molar-refractivity contribution >= 4 is 21.9 Å². The minimum atomic E-state index is -0.458. The minimum Gasteiger partial charge on any atom is -0.454 e. The summed E-state index contributed by atoms with van der Waals surface area (Å²) in [6.45, 7) is 2.00. The molecule has 8 heteroatoms. The van der Waals surface area contributed by atoms with E-state index in [9.17, 15) is 4.79 Å². The number of benzene rings is 1. The lowest BCUT2D eigenvalue weighted by atomic mass is 10.3. The fraction of sp³-hybridized carbons (Fsp3) is 0.200. The van der Waals surface area contributed by atoms with Crippen LogP contribution in [0, 0.1) is 0 Å². The Kier molecular flexibility index (Phi) is 4.52. The number of aryl methyl sites for hydroxylation is 1. The molecule has 118 valence electrons. The lowest BCUT2D eigenvalue weighted by Crippen LogP contribution is -2.05. The van der Waals surface area contributed by atoms with Crippen LogP contribution in [0.3, 0.4) is 0 Å². The molecule has 2 heterocycles. The third kappa shape index (κ3) is 3.65. The zero-order valence-electron chi connectivity index (χ0n) is 12.4. The van der Waals surface area contributed by atoms with E-state index in [-0.39, 0.29) is 6.61 Å². The number of hydrogen-bond donors (Lipinski definition) is 1. The summed E-state index contributed by atoms with van der Waals surface area (Å²) in [6, 6.07) is 7.62. The summed E-state index contributed by atoms with van der Waals surface area (Å²) in [5, 5.41) is 10.9. The van der Waals surface area contributed by atoms with E-state index in [4.69, 9.17) is 4.74 Å². The summed E-state index contributed by atoms with van der Waals surface area (Å²) in [5.41, 5.74) is 1.22. The van der Waals surface area contributed by atoms with E-state index in [1.165, 1.54) is 6.20 Å². The Labute approximate surface area is 140 Å². The van der Waals surface area contributed by atoms with Gasteiger partial charge in [0.15, 0.2) is 18.3 Å². The van der Waals surface area contributed by atoms with Crippen molar-refractivity contribution in [3.05, 3.63) is 58.3 Å². The van der Waals surface area contributed by atoms with Crippen LogP contribution in [-0.2, 0) is 17.8 Å². The molecule has 0 atom stereocenters. The smallest absolute Gasteiger partial charge is 0.341 e. The molecule has 1 N–H and O–H groups in total. The van der Waals surface area contributed by atoms with Gasteiger partial charge in [0.25, 0.3) is 0 Å². The van der Waals surface area contributed by atoms with Crippen molar-refractivity contribution in [2.24, 2.45) is 0 Å². The van der Waals surface area contributed by atoms with E-state index in [1.807, 2.05) is 31.2 Å². The second kappa shape index (κ2) is 6.74. The number of H-pyrrole nitrogens is 1. The zero-order chi connectivity index (χ0) is 16.2. The average Bonchev–Trinajstić information content (AvgIpc) is 3.22. The molecule has 0 spiro atoms. The number of hydrogen-bond acceptors (Lipinski definition) is 5.